The molecule has 1 aromatic heterocycles. The molecule has 3 aromatic carbocycles. The van der Waals surface area contributed by atoms with Gasteiger partial charge in [-0.3, -0.25) is 4.79 Å². The highest BCUT2D eigenvalue weighted by molar-refractivity contribution is 6.07. The molecular weight excluding hydrogens is 396 g/mol. The van der Waals surface area contributed by atoms with E-state index in [4.69, 9.17) is 9.72 Å². The molecule has 0 saturated carbocycles. The Hall–Kier alpha value is -3.37. The number of aromatic nitrogens is 1. The maximum Gasteiger partial charge on any atom is 0.252 e. The summed E-state index contributed by atoms with van der Waals surface area (Å²) >= 11 is 0. The number of ether oxygens (including phenoxy) is 1. The van der Waals surface area contributed by atoms with Crippen LogP contribution in [0.25, 0.3) is 22.2 Å². The van der Waals surface area contributed by atoms with Gasteiger partial charge in [0, 0.05) is 17.5 Å². The number of fused-ring (bicyclic) bond motifs is 1. The van der Waals surface area contributed by atoms with Crippen LogP contribution in [0.2, 0.25) is 0 Å². The van der Waals surface area contributed by atoms with Gasteiger partial charge in [-0.1, -0.05) is 66.7 Å². The summed E-state index contributed by atoms with van der Waals surface area (Å²) in [5.41, 5.74) is 4.29. The van der Waals surface area contributed by atoms with Gasteiger partial charge in [-0.15, -0.1) is 12.4 Å². The van der Waals surface area contributed by atoms with Gasteiger partial charge in [-0.2, -0.15) is 0 Å². The lowest BCUT2D eigenvalue weighted by molar-refractivity contribution is 0.0955. The average molecular weight is 419 g/mol. The largest absolute Gasteiger partial charge is 0.496 e. The molecule has 1 N–H and O–H groups in total. The van der Waals surface area contributed by atoms with Crippen molar-refractivity contribution in [2.24, 2.45) is 0 Å². The van der Waals surface area contributed by atoms with E-state index in [0.29, 0.717) is 18.5 Å². The molecule has 0 radical (unpaired) electrons. The standard InChI is InChI=1S/C25H22N2O2.ClH/c1-29-24-14-8-5-11-19(24)15-16-26-25(28)21-17-23(18-9-3-2-4-10-18)27-22-13-7-6-12-20(21)22;/h2-14,17H,15-16H2,1H3,(H,26,28);1H. The number of benzene rings is 3. The van der Waals surface area contributed by atoms with Crippen molar-refractivity contribution in [3.05, 3.63) is 96.1 Å². The van der Waals surface area contributed by atoms with Crippen LogP contribution in [0.1, 0.15) is 15.9 Å². The third kappa shape index (κ3) is 4.61. The third-order valence-corrected chi connectivity index (χ3v) is 4.90. The molecule has 0 atom stereocenters. The van der Waals surface area contributed by atoms with Crippen molar-refractivity contribution in [1.29, 1.82) is 0 Å². The van der Waals surface area contributed by atoms with Crippen LogP contribution in [0.4, 0.5) is 0 Å². The minimum absolute atomic E-state index is 0. The number of carbonyl (C=O) groups is 1. The number of rotatable bonds is 6. The van der Waals surface area contributed by atoms with Crippen LogP contribution in [0.15, 0.2) is 84.9 Å². The topological polar surface area (TPSA) is 51.2 Å². The van der Waals surface area contributed by atoms with Crippen LogP contribution in [-0.2, 0) is 6.42 Å². The minimum Gasteiger partial charge on any atom is -0.496 e. The van der Waals surface area contributed by atoms with Crippen molar-refractivity contribution in [3.63, 3.8) is 0 Å². The Morgan fingerprint density at radius 1 is 0.933 bits per heavy atom. The molecule has 5 heteroatoms. The molecule has 4 nitrogen and oxygen atoms in total. The van der Waals surface area contributed by atoms with Crippen molar-refractivity contribution in [2.45, 2.75) is 6.42 Å². The number of para-hydroxylation sites is 2. The summed E-state index contributed by atoms with van der Waals surface area (Å²) in [5.74, 6) is 0.734. The fourth-order valence-electron chi connectivity index (χ4n) is 3.44. The van der Waals surface area contributed by atoms with Gasteiger partial charge in [0.15, 0.2) is 0 Å². The summed E-state index contributed by atoms with van der Waals surface area (Å²) in [6, 6.07) is 27.4. The van der Waals surface area contributed by atoms with E-state index in [2.05, 4.69) is 5.32 Å². The van der Waals surface area contributed by atoms with E-state index in [0.717, 1.165) is 33.5 Å². The zero-order valence-corrected chi connectivity index (χ0v) is 17.5. The van der Waals surface area contributed by atoms with Crippen LogP contribution in [0, 0.1) is 0 Å². The Balaban J connectivity index is 0.00000256. The maximum atomic E-state index is 13.0. The number of carbonyl (C=O) groups excluding carboxylic acids is 1. The number of halogens is 1. The van der Waals surface area contributed by atoms with Gasteiger partial charge in [0.25, 0.3) is 5.91 Å². The summed E-state index contributed by atoms with van der Waals surface area (Å²) in [6.07, 6.45) is 0.699. The van der Waals surface area contributed by atoms with E-state index >= 15 is 0 Å². The van der Waals surface area contributed by atoms with Crippen LogP contribution >= 0.6 is 12.4 Å². The monoisotopic (exact) mass is 418 g/mol. The highest BCUT2D eigenvalue weighted by Crippen LogP contribution is 2.25. The molecule has 4 rings (SSSR count). The highest BCUT2D eigenvalue weighted by atomic mass is 35.5. The minimum atomic E-state index is -0.101. The molecule has 1 amide bonds. The zero-order valence-electron chi connectivity index (χ0n) is 16.7. The highest BCUT2D eigenvalue weighted by Gasteiger charge is 2.14. The fraction of sp³-hybridized carbons (Fsp3) is 0.120. The Morgan fingerprint density at radius 2 is 1.63 bits per heavy atom. The molecule has 0 aliphatic rings. The SMILES string of the molecule is COc1ccccc1CCNC(=O)c1cc(-c2ccccc2)nc2ccccc12.Cl. The van der Waals surface area contributed by atoms with Gasteiger partial charge in [0.2, 0.25) is 0 Å². The number of pyridine rings is 1. The van der Waals surface area contributed by atoms with Crippen LogP contribution in [0.5, 0.6) is 5.75 Å². The number of hydrogen-bond acceptors (Lipinski definition) is 3. The van der Waals surface area contributed by atoms with Gasteiger partial charge >= 0.3 is 0 Å². The molecule has 0 aliphatic carbocycles. The first-order chi connectivity index (χ1) is 14.3. The first-order valence-electron chi connectivity index (χ1n) is 9.61. The molecule has 0 fully saturated rings. The van der Waals surface area contributed by atoms with Crippen molar-refractivity contribution in [3.8, 4) is 17.0 Å². The van der Waals surface area contributed by atoms with Crippen molar-refractivity contribution in [2.75, 3.05) is 13.7 Å². The lowest BCUT2D eigenvalue weighted by atomic mass is 10.0. The van der Waals surface area contributed by atoms with Crippen LogP contribution < -0.4 is 10.1 Å². The lowest BCUT2D eigenvalue weighted by Crippen LogP contribution is -2.26. The molecule has 0 bridgehead atoms. The molecule has 30 heavy (non-hydrogen) atoms. The molecule has 0 aliphatic heterocycles. The maximum absolute atomic E-state index is 13.0. The predicted octanol–water partition coefficient (Wildman–Crippen LogP) is 5.30. The first kappa shape index (κ1) is 21.3. The predicted molar refractivity (Wildman–Crippen MR) is 123 cm³/mol. The summed E-state index contributed by atoms with van der Waals surface area (Å²) in [6.45, 7) is 0.524. The second kappa shape index (κ2) is 9.90. The van der Waals surface area contributed by atoms with Crippen molar-refractivity contribution < 1.29 is 9.53 Å². The average Bonchev–Trinajstić information content (AvgIpc) is 2.79. The molecule has 152 valence electrons. The van der Waals surface area contributed by atoms with Gasteiger partial charge in [0.05, 0.1) is 23.9 Å². The second-order valence-electron chi connectivity index (χ2n) is 6.76. The number of hydrogen-bond donors (Lipinski definition) is 1. The Bertz CT molecular complexity index is 1150. The van der Waals surface area contributed by atoms with Crippen molar-refractivity contribution in [1.82, 2.24) is 10.3 Å². The molecule has 4 aromatic rings. The molecule has 0 saturated heterocycles. The van der Waals surface area contributed by atoms with E-state index < -0.39 is 0 Å². The Labute approximate surface area is 182 Å². The van der Waals surface area contributed by atoms with Gasteiger partial charge in [0.1, 0.15) is 5.75 Å². The van der Waals surface area contributed by atoms with Gasteiger partial charge in [-0.25, -0.2) is 4.98 Å². The van der Waals surface area contributed by atoms with E-state index in [1.54, 1.807) is 7.11 Å². The summed E-state index contributed by atoms with van der Waals surface area (Å²) in [7, 11) is 1.66. The number of amides is 1. The zero-order chi connectivity index (χ0) is 20.1. The lowest BCUT2D eigenvalue weighted by Gasteiger charge is -2.12. The third-order valence-electron chi connectivity index (χ3n) is 4.90. The van der Waals surface area contributed by atoms with Crippen LogP contribution in [0.3, 0.4) is 0 Å². The first-order valence-corrected chi connectivity index (χ1v) is 9.61. The number of nitrogens with one attached hydrogen (secondary N) is 1. The van der Waals surface area contributed by atoms with E-state index in [1.165, 1.54) is 0 Å². The summed E-state index contributed by atoms with van der Waals surface area (Å²) < 4.78 is 5.39. The van der Waals surface area contributed by atoms with Gasteiger partial charge < -0.3 is 10.1 Å². The molecule has 0 unspecified atom stereocenters. The van der Waals surface area contributed by atoms with Crippen LogP contribution in [-0.4, -0.2) is 24.5 Å². The molecule has 0 spiro atoms. The quantitative estimate of drug-likeness (QED) is 0.462. The fourth-order valence-corrected chi connectivity index (χ4v) is 3.44. The van der Waals surface area contributed by atoms with Crippen molar-refractivity contribution >= 4 is 29.2 Å². The van der Waals surface area contributed by atoms with E-state index in [1.807, 2.05) is 84.9 Å². The van der Waals surface area contributed by atoms with E-state index in [9.17, 15) is 4.79 Å². The Morgan fingerprint density at radius 3 is 2.43 bits per heavy atom. The molecular formula is C25H23ClN2O2. The smallest absolute Gasteiger partial charge is 0.252 e. The normalized spacial score (nSPS) is 10.3. The number of nitrogens with zero attached hydrogens (tertiary/aromatic N) is 1. The van der Waals surface area contributed by atoms with E-state index in [-0.39, 0.29) is 18.3 Å². The number of methoxy groups -OCH3 is 1. The van der Waals surface area contributed by atoms with Gasteiger partial charge in [-0.05, 0) is 30.2 Å². The summed E-state index contributed by atoms with van der Waals surface area (Å²) in [4.78, 5) is 17.8. The second-order valence-corrected chi connectivity index (χ2v) is 6.76. The molecule has 1 heterocycles. The summed E-state index contributed by atoms with van der Waals surface area (Å²) in [5, 5.41) is 3.90. The Kier molecular flexibility index (Phi) is 7.04.